The number of amides is 2. The molecule has 0 aromatic heterocycles. The molecule has 1 aliphatic heterocycles. The van der Waals surface area contributed by atoms with E-state index in [2.05, 4.69) is 40.0 Å². The summed E-state index contributed by atoms with van der Waals surface area (Å²) in [4.78, 5) is 16.4. The molecule has 4 nitrogen and oxygen atoms in total. The third-order valence-corrected chi connectivity index (χ3v) is 4.31. The van der Waals surface area contributed by atoms with Crippen molar-refractivity contribution in [2.75, 3.05) is 31.5 Å². The number of carbonyl (C=O) groups is 1. The van der Waals surface area contributed by atoms with Gasteiger partial charge in [0.05, 0.1) is 10.7 Å². The summed E-state index contributed by atoms with van der Waals surface area (Å²) in [7, 11) is 0. The molecular weight excluding hydrogens is 342 g/mol. The van der Waals surface area contributed by atoms with Gasteiger partial charge >= 0.3 is 6.03 Å². The number of anilines is 1. The molecule has 0 radical (unpaired) electrons. The maximum absolute atomic E-state index is 12.2. The summed E-state index contributed by atoms with van der Waals surface area (Å²) >= 11 is 9.45. The highest BCUT2D eigenvalue weighted by Gasteiger charge is 2.22. The first-order chi connectivity index (χ1) is 9.47. The summed E-state index contributed by atoms with van der Waals surface area (Å²) in [5, 5.41) is 3.40. The second-order valence-electron chi connectivity index (χ2n) is 5.17. The van der Waals surface area contributed by atoms with Crippen LogP contribution in [0.3, 0.4) is 0 Å². The van der Waals surface area contributed by atoms with Crippen LogP contribution >= 0.6 is 27.5 Å². The second kappa shape index (κ2) is 6.78. The lowest BCUT2D eigenvalue weighted by atomic mass is 10.2. The molecule has 1 aliphatic rings. The fourth-order valence-electron chi connectivity index (χ4n) is 2.23. The van der Waals surface area contributed by atoms with Crippen molar-refractivity contribution in [3.8, 4) is 0 Å². The maximum atomic E-state index is 12.2. The van der Waals surface area contributed by atoms with E-state index in [0.29, 0.717) is 16.8 Å². The zero-order valence-electron chi connectivity index (χ0n) is 11.7. The first kappa shape index (κ1) is 15.6. The fourth-order valence-corrected chi connectivity index (χ4v) is 2.95. The summed E-state index contributed by atoms with van der Waals surface area (Å²) in [6, 6.07) is 5.87. The van der Waals surface area contributed by atoms with Crippen LogP contribution in [0.25, 0.3) is 0 Å². The normalized spacial score (nSPS) is 16.6. The van der Waals surface area contributed by atoms with Crippen LogP contribution in [0.4, 0.5) is 10.5 Å². The van der Waals surface area contributed by atoms with Gasteiger partial charge in [-0.2, -0.15) is 0 Å². The van der Waals surface area contributed by atoms with Crippen LogP contribution in [0.5, 0.6) is 0 Å². The molecule has 2 amide bonds. The minimum Gasteiger partial charge on any atom is -0.322 e. The molecule has 1 aromatic carbocycles. The van der Waals surface area contributed by atoms with E-state index < -0.39 is 0 Å². The van der Waals surface area contributed by atoms with E-state index in [4.69, 9.17) is 11.6 Å². The Kier molecular flexibility index (Phi) is 5.29. The number of piperazine rings is 1. The van der Waals surface area contributed by atoms with Crippen LogP contribution in [0, 0.1) is 0 Å². The van der Waals surface area contributed by atoms with Gasteiger partial charge in [-0.25, -0.2) is 4.79 Å². The number of nitrogens with zero attached hydrogens (tertiary/aromatic N) is 2. The van der Waals surface area contributed by atoms with E-state index in [9.17, 15) is 4.79 Å². The lowest BCUT2D eigenvalue weighted by molar-refractivity contribution is 0.125. The summed E-state index contributed by atoms with van der Waals surface area (Å²) in [5.74, 6) is 0. The zero-order valence-corrected chi connectivity index (χ0v) is 14.0. The molecule has 20 heavy (non-hydrogen) atoms. The summed E-state index contributed by atoms with van der Waals surface area (Å²) < 4.78 is 0.894. The predicted octanol–water partition coefficient (Wildman–Crippen LogP) is 3.66. The van der Waals surface area contributed by atoms with Crippen molar-refractivity contribution in [2.24, 2.45) is 0 Å². The van der Waals surface area contributed by atoms with Gasteiger partial charge in [-0.3, -0.25) is 4.90 Å². The molecule has 1 saturated heterocycles. The quantitative estimate of drug-likeness (QED) is 0.873. The highest BCUT2D eigenvalue weighted by Crippen LogP contribution is 2.26. The number of carbonyl (C=O) groups excluding carboxylic acids is 1. The average Bonchev–Trinajstić information content (AvgIpc) is 2.42. The Morgan fingerprint density at radius 3 is 2.50 bits per heavy atom. The largest absolute Gasteiger partial charge is 0.322 e. The third-order valence-electron chi connectivity index (χ3n) is 3.50. The van der Waals surface area contributed by atoms with Gasteiger partial charge in [0.2, 0.25) is 0 Å². The van der Waals surface area contributed by atoms with E-state index in [-0.39, 0.29) is 6.03 Å². The van der Waals surface area contributed by atoms with Crippen molar-refractivity contribution in [1.82, 2.24) is 9.80 Å². The number of halogens is 2. The van der Waals surface area contributed by atoms with Gasteiger partial charge in [0, 0.05) is 36.7 Å². The Hall–Kier alpha value is -0.780. The topological polar surface area (TPSA) is 35.6 Å². The SMILES string of the molecule is CC(C)N1CCN(C(=O)Nc2ccc(Br)cc2Cl)CC1. The molecular formula is C14H19BrClN3O. The van der Waals surface area contributed by atoms with Gasteiger partial charge in [0.15, 0.2) is 0 Å². The summed E-state index contributed by atoms with van der Waals surface area (Å²) in [6.45, 7) is 7.68. The molecule has 0 aliphatic carbocycles. The van der Waals surface area contributed by atoms with Crippen molar-refractivity contribution < 1.29 is 4.79 Å². The van der Waals surface area contributed by atoms with E-state index in [0.717, 1.165) is 30.7 Å². The number of rotatable bonds is 2. The molecule has 0 bridgehead atoms. The predicted molar refractivity (Wildman–Crippen MR) is 86.5 cm³/mol. The summed E-state index contributed by atoms with van der Waals surface area (Å²) in [6.07, 6.45) is 0. The van der Waals surface area contributed by atoms with E-state index >= 15 is 0 Å². The van der Waals surface area contributed by atoms with Crippen molar-refractivity contribution in [3.05, 3.63) is 27.7 Å². The Morgan fingerprint density at radius 2 is 1.95 bits per heavy atom. The standard InChI is InChI=1S/C14H19BrClN3O/c1-10(2)18-5-7-19(8-6-18)14(20)17-13-4-3-11(15)9-12(13)16/h3-4,9-10H,5-8H2,1-2H3,(H,17,20). The number of nitrogens with one attached hydrogen (secondary N) is 1. The molecule has 0 spiro atoms. The minimum atomic E-state index is -0.0855. The zero-order chi connectivity index (χ0) is 14.7. The number of urea groups is 1. The third kappa shape index (κ3) is 3.87. The molecule has 1 fully saturated rings. The highest BCUT2D eigenvalue weighted by molar-refractivity contribution is 9.10. The molecule has 1 aromatic rings. The van der Waals surface area contributed by atoms with Crippen molar-refractivity contribution in [3.63, 3.8) is 0 Å². The van der Waals surface area contributed by atoms with Crippen LogP contribution in [-0.2, 0) is 0 Å². The second-order valence-corrected chi connectivity index (χ2v) is 6.49. The van der Waals surface area contributed by atoms with Gasteiger partial charge < -0.3 is 10.2 Å². The van der Waals surface area contributed by atoms with Crippen LogP contribution in [0.2, 0.25) is 5.02 Å². The molecule has 1 heterocycles. The van der Waals surface area contributed by atoms with E-state index in [1.54, 1.807) is 12.1 Å². The Balaban J connectivity index is 1.93. The summed E-state index contributed by atoms with van der Waals surface area (Å²) in [5.41, 5.74) is 0.645. The number of hydrogen-bond donors (Lipinski definition) is 1. The van der Waals surface area contributed by atoms with Gasteiger partial charge in [0.25, 0.3) is 0 Å². The van der Waals surface area contributed by atoms with Crippen molar-refractivity contribution >= 4 is 39.2 Å². The number of benzene rings is 1. The molecule has 0 saturated carbocycles. The maximum Gasteiger partial charge on any atom is 0.321 e. The first-order valence-electron chi connectivity index (χ1n) is 6.72. The Bertz CT molecular complexity index is 487. The Morgan fingerprint density at radius 1 is 1.30 bits per heavy atom. The monoisotopic (exact) mass is 359 g/mol. The van der Waals surface area contributed by atoms with Gasteiger partial charge in [-0.15, -0.1) is 0 Å². The fraction of sp³-hybridized carbons (Fsp3) is 0.500. The van der Waals surface area contributed by atoms with Crippen LogP contribution in [0.15, 0.2) is 22.7 Å². The molecule has 2 rings (SSSR count). The molecule has 110 valence electrons. The lowest BCUT2D eigenvalue weighted by Crippen LogP contribution is -2.51. The van der Waals surface area contributed by atoms with Crippen LogP contribution in [-0.4, -0.2) is 48.1 Å². The van der Waals surface area contributed by atoms with Crippen LogP contribution in [0.1, 0.15) is 13.8 Å². The smallest absolute Gasteiger partial charge is 0.321 e. The van der Waals surface area contributed by atoms with Gasteiger partial charge in [0.1, 0.15) is 0 Å². The van der Waals surface area contributed by atoms with Crippen molar-refractivity contribution in [2.45, 2.75) is 19.9 Å². The molecule has 0 unspecified atom stereocenters. The average molecular weight is 361 g/mol. The number of hydrogen-bond acceptors (Lipinski definition) is 2. The van der Waals surface area contributed by atoms with Gasteiger partial charge in [-0.05, 0) is 32.0 Å². The van der Waals surface area contributed by atoms with Crippen LogP contribution < -0.4 is 5.32 Å². The minimum absolute atomic E-state index is 0.0855. The van der Waals surface area contributed by atoms with Crippen molar-refractivity contribution in [1.29, 1.82) is 0 Å². The Labute approximate surface area is 133 Å². The molecule has 0 atom stereocenters. The lowest BCUT2D eigenvalue weighted by Gasteiger charge is -2.36. The molecule has 1 N–H and O–H groups in total. The highest BCUT2D eigenvalue weighted by atomic mass is 79.9. The van der Waals surface area contributed by atoms with E-state index in [1.165, 1.54) is 0 Å². The van der Waals surface area contributed by atoms with E-state index in [1.807, 2.05) is 11.0 Å². The molecule has 6 heteroatoms. The first-order valence-corrected chi connectivity index (χ1v) is 7.89. The van der Waals surface area contributed by atoms with Gasteiger partial charge in [-0.1, -0.05) is 27.5 Å².